The minimum atomic E-state index is -1.07. The molecule has 0 bridgehead atoms. The number of likely N-dealkylation sites (N-methyl/N-ethyl adjacent to an activating group) is 1. The molecule has 7 heteroatoms. The lowest BCUT2D eigenvalue weighted by Gasteiger charge is -2.25. The standard InChI is InChI=1S/C29H31N3O4/c1-31(2)27(16-20-8-4-3-5-9-20)28(34)30-25(29(35)36)17-22-19-32(26-11-7-6-10-24(22)26)18-21-12-14-23(33)15-13-21/h3-15,19,25,27,33H,16-18H2,1-2H3,(H,30,34)(H,35,36). The summed E-state index contributed by atoms with van der Waals surface area (Å²) >= 11 is 0. The molecule has 0 radical (unpaired) electrons. The smallest absolute Gasteiger partial charge is 0.326 e. The number of phenolic OH excluding ortho intramolecular Hbond substituents is 1. The molecular weight excluding hydrogens is 454 g/mol. The summed E-state index contributed by atoms with van der Waals surface area (Å²) in [4.78, 5) is 27.2. The third-order valence-corrected chi connectivity index (χ3v) is 6.40. The van der Waals surface area contributed by atoms with Crippen LogP contribution in [-0.4, -0.2) is 57.7 Å². The Morgan fingerprint density at radius 3 is 2.22 bits per heavy atom. The number of nitrogens with zero attached hydrogens (tertiary/aromatic N) is 2. The van der Waals surface area contributed by atoms with E-state index in [0.29, 0.717) is 13.0 Å². The van der Waals surface area contributed by atoms with Crippen LogP contribution in [0.5, 0.6) is 5.75 Å². The number of hydrogen-bond acceptors (Lipinski definition) is 4. The van der Waals surface area contributed by atoms with Crippen LogP contribution in [0.15, 0.2) is 85.1 Å². The van der Waals surface area contributed by atoms with Gasteiger partial charge in [-0.3, -0.25) is 9.69 Å². The van der Waals surface area contributed by atoms with Crippen LogP contribution in [0.3, 0.4) is 0 Å². The van der Waals surface area contributed by atoms with Crippen LogP contribution in [0.2, 0.25) is 0 Å². The molecule has 4 rings (SSSR count). The molecule has 0 aliphatic heterocycles. The summed E-state index contributed by atoms with van der Waals surface area (Å²) in [6.45, 7) is 0.574. The molecule has 1 aromatic heterocycles. The lowest BCUT2D eigenvalue weighted by molar-refractivity contribution is -0.142. The maximum absolute atomic E-state index is 13.2. The topological polar surface area (TPSA) is 94.8 Å². The van der Waals surface area contributed by atoms with Crippen molar-refractivity contribution in [2.45, 2.75) is 31.5 Å². The van der Waals surface area contributed by atoms with Crippen molar-refractivity contribution in [1.82, 2.24) is 14.8 Å². The Bertz CT molecular complexity index is 1330. The molecule has 3 aromatic carbocycles. The van der Waals surface area contributed by atoms with Crippen LogP contribution < -0.4 is 5.32 Å². The summed E-state index contributed by atoms with van der Waals surface area (Å²) in [6, 6.07) is 23.0. The molecule has 2 atom stereocenters. The normalized spacial score (nSPS) is 13.0. The van der Waals surface area contributed by atoms with Crippen molar-refractivity contribution in [3.05, 3.63) is 102 Å². The van der Waals surface area contributed by atoms with Gasteiger partial charge in [0.2, 0.25) is 5.91 Å². The number of aromatic nitrogens is 1. The second-order valence-electron chi connectivity index (χ2n) is 9.24. The Morgan fingerprint density at radius 1 is 0.889 bits per heavy atom. The molecule has 0 saturated heterocycles. The number of carbonyl (C=O) groups excluding carboxylic acids is 1. The van der Waals surface area contributed by atoms with Gasteiger partial charge < -0.3 is 20.1 Å². The van der Waals surface area contributed by atoms with Crippen molar-refractivity contribution < 1.29 is 19.8 Å². The van der Waals surface area contributed by atoms with Gasteiger partial charge in [0, 0.05) is 30.1 Å². The van der Waals surface area contributed by atoms with Gasteiger partial charge in [0.25, 0.3) is 0 Å². The van der Waals surface area contributed by atoms with Crippen molar-refractivity contribution in [2.75, 3.05) is 14.1 Å². The number of para-hydroxylation sites is 1. The van der Waals surface area contributed by atoms with E-state index < -0.39 is 18.1 Å². The molecule has 4 aromatic rings. The van der Waals surface area contributed by atoms with Gasteiger partial charge in [-0.1, -0.05) is 60.7 Å². The van der Waals surface area contributed by atoms with Crippen LogP contribution in [0.4, 0.5) is 0 Å². The van der Waals surface area contributed by atoms with Crippen molar-refractivity contribution >= 4 is 22.8 Å². The monoisotopic (exact) mass is 485 g/mol. The lowest BCUT2D eigenvalue weighted by atomic mass is 10.0. The zero-order valence-electron chi connectivity index (χ0n) is 20.5. The van der Waals surface area contributed by atoms with E-state index in [0.717, 1.165) is 27.6 Å². The van der Waals surface area contributed by atoms with E-state index in [-0.39, 0.29) is 18.1 Å². The van der Waals surface area contributed by atoms with Gasteiger partial charge in [0.15, 0.2) is 0 Å². The molecule has 0 aliphatic carbocycles. The maximum Gasteiger partial charge on any atom is 0.326 e. The zero-order chi connectivity index (χ0) is 25.7. The molecule has 7 nitrogen and oxygen atoms in total. The molecule has 0 spiro atoms. The molecule has 3 N–H and O–H groups in total. The fourth-order valence-electron chi connectivity index (χ4n) is 4.45. The number of amides is 1. The number of phenols is 1. The average molecular weight is 486 g/mol. The number of aromatic hydroxyl groups is 1. The van der Waals surface area contributed by atoms with Crippen LogP contribution in [0, 0.1) is 0 Å². The van der Waals surface area contributed by atoms with E-state index in [9.17, 15) is 19.8 Å². The number of carboxylic acids is 1. The first-order valence-electron chi connectivity index (χ1n) is 11.9. The van der Waals surface area contributed by atoms with Crippen LogP contribution in [0.1, 0.15) is 16.7 Å². The quantitative estimate of drug-likeness (QED) is 0.319. The molecule has 2 unspecified atom stereocenters. The predicted octanol–water partition coefficient (Wildman–Crippen LogP) is 3.68. The first-order valence-corrected chi connectivity index (χ1v) is 11.9. The molecule has 0 aliphatic rings. The highest BCUT2D eigenvalue weighted by molar-refractivity contribution is 5.89. The van der Waals surface area contributed by atoms with E-state index in [1.54, 1.807) is 12.1 Å². The number of carboxylic acid groups (broad SMARTS) is 1. The van der Waals surface area contributed by atoms with Gasteiger partial charge in [-0.2, -0.15) is 0 Å². The van der Waals surface area contributed by atoms with Gasteiger partial charge in [-0.05, 0) is 55.4 Å². The number of aliphatic carboxylic acids is 1. The lowest BCUT2D eigenvalue weighted by Crippen LogP contribution is -2.51. The van der Waals surface area contributed by atoms with Crippen molar-refractivity contribution in [2.24, 2.45) is 0 Å². The van der Waals surface area contributed by atoms with E-state index >= 15 is 0 Å². The average Bonchev–Trinajstić information content (AvgIpc) is 3.21. The number of benzene rings is 3. The maximum atomic E-state index is 13.2. The summed E-state index contributed by atoms with van der Waals surface area (Å²) < 4.78 is 2.07. The van der Waals surface area contributed by atoms with Gasteiger partial charge in [-0.25, -0.2) is 4.79 Å². The van der Waals surface area contributed by atoms with Crippen LogP contribution in [-0.2, 0) is 29.0 Å². The largest absolute Gasteiger partial charge is 0.508 e. The first-order chi connectivity index (χ1) is 17.3. The van der Waals surface area contributed by atoms with Crippen LogP contribution >= 0.6 is 0 Å². The molecule has 1 amide bonds. The molecule has 36 heavy (non-hydrogen) atoms. The zero-order valence-corrected chi connectivity index (χ0v) is 20.5. The fourth-order valence-corrected chi connectivity index (χ4v) is 4.45. The van der Waals surface area contributed by atoms with Crippen molar-refractivity contribution in [3.63, 3.8) is 0 Å². The third kappa shape index (κ3) is 5.93. The molecule has 0 fully saturated rings. The Labute approximate surface area is 210 Å². The highest BCUT2D eigenvalue weighted by Gasteiger charge is 2.28. The second kappa shape index (κ2) is 11.1. The third-order valence-electron chi connectivity index (χ3n) is 6.40. The summed E-state index contributed by atoms with van der Waals surface area (Å²) in [5.74, 6) is -1.18. The fraction of sp³-hybridized carbons (Fsp3) is 0.241. The van der Waals surface area contributed by atoms with E-state index in [2.05, 4.69) is 9.88 Å². The number of hydrogen-bond donors (Lipinski definition) is 3. The SMILES string of the molecule is CN(C)C(Cc1ccccc1)C(=O)NC(Cc1cn(Cc2ccc(O)cc2)c2ccccc12)C(=O)O. The highest BCUT2D eigenvalue weighted by Crippen LogP contribution is 2.24. The Kier molecular flexibility index (Phi) is 7.71. The van der Waals surface area contributed by atoms with E-state index in [1.807, 2.05) is 91.9 Å². The number of fused-ring (bicyclic) bond motifs is 1. The predicted molar refractivity (Wildman–Crippen MR) is 140 cm³/mol. The first kappa shape index (κ1) is 25.0. The minimum Gasteiger partial charge on any atom is -0.508 e. The summed E-state index contributed by atoms with van der Waals surface area (Å²) in [7, 11) is 3.64. The molecular formula is C29H31N3O4. The van der Waals surface area contributed by atoms with Crippen molar-refractivity contribution in [3.8, 4) is 5.75 Å². The number of rotatable bonds is 10. The van der Waals surface area contributed by atoms with Gasteiger partial charge in [0.05, 0.1) is 6.04 Å². The number of nitrogens with one attached hydrogen (secondary N) is 1. The van der Waals surface area contributed by atoms with Crippen molar-refractivity contribution in [1.29, 1.82) is 0 Å². The summed E-state index contributed by atoms with van der Waals surface area (Å²) in [5.41, 5.74) is 3.85. The Hall–Kier alpha value is -4.10. The summed E-state index contributed by atoms with van der Waals surface area (Å²) in [6.07, 6.45) is 2.60. The Morgan fingerprint density at radius 2 is 1.56 bits per heavy atom. The van der Waals surface area contributed by atoms with E-state index in [4.69, 9.17) is 0 Å². The van der Waals surface area contributed by atoms with Gasteiger partial charge in [-0.15, -0.1) is 0 Å². The van der Waals surface area contributed by atoms with Gasteiger partial charge >= 0.3 is 5.97 Å². The van der Waals surface area contributed by atoms with Gasteiger partial charge in [0.1, 0.15) is 11.8 Å². The number of carbonyl (C=O) groups is 2. The highest BCUT2D eigenvalue weighted by atomic mass is 16.4. The van der Waals surface area contributed by atoms with Crippen LogP contribution in [0.25, 0.3) is 10.9 Å². The van der Waals surface area contributed by atoms with E-state index in [1.165, 1.54) is 0 Å². The second-order valence-corrected chi connectivity index (χ2v) is 9.24. The molecule has 1 heterocycles. The summed E-state index contributed by atoms with van der Waals surface area (Å²) in [5, 5.41) is 23.3. The molecule has 186 valence electrons. The Balaban J connectivity index is 1.56. The molecule has 0 saturated carbocycles. The minimum absolute atomic E-state index is 0.162.